The minimum absolute atomic E-state index is 0.0646. The van der Waals surface area contributed by atoms with E-state index in [4.69, 9.17) is 10.5 Å². The lowest BCUT2D eigenvalue weighted by atomic mass is 10.1. The van der Waals surface area contributed by atoms with Crippen molar-refractivity contribution in [1.29, 1.82) is 0 Å². The van der Waals surface area contributed by atoms with Gasteiger partial charge in [0.2, 0.25) is 5.88 Å². The average molecular weight is 254 g/mol. The Morgan fingerprint density at radius 1 is 1.44 bits per heavy atom. The van der Waals surface area contributed by atoms with Crippen molar-refractivity contribution in [2.45, 2.75) is 13.0 Å². The molecule has 2 aromatic heterocycles. The maximum atomic E-state index is 13.2. The Labute approximate surface area is 102 Å². The highest BCUT2D eigenvalue weighted by Crippen LogP contribution is 2.26. The second-order valence-corrected chi connectivity index (χ2v) is 3.78. The largest absolute Gasteiger partial charge is 0.481 e. The van der Waals surface area contributed by atoms with E-state index in [9.17, 15) is 8.78 Å². The molecule has 0 amide bonds. The first-order valence-electron chi connectivity index (χ1n) is 5.22. The van der Waals surface area contributed by atoms with E-state index in [0.29, 0.717) is 5.56 Å². The second-order valence-electron chi connectivity index (χ2n) is 3.78. The van der Waals surface area contributed by atoms with Gasteiger partial charge in [0.05, 0.1) is 25.5 Å². The molecule has 96 valence electrons. The number of nitrogen functional groups attached to an aromatic ring is 1. The van der Waals surface area contributed by atoms with Crippen molar-refractivity contribution in [1.82, 2.24) is 14.8 Å². The molecule has 2 N–H and O–H groups in total. The van der Waals surface area contributed by atoms with Crippen LogP contribution in [0.4, 0.5) is 14.5 Å². The van der Waals surface area contributed by atoms with Gasteiger partial charge in [0, 0.05) is 5.56 Å². The summed E-state index contributed by atoms with van der Waals surface area (Å²) in [5.41, 5.74) is 5.77. The highest BCUT2D eigenvalue weighted by molar-refractivity contribution is 5.35. The van der Waals surface area contributed by atoms with Crippen LogP contribution in [0.1, 0.15) is 18.5 Å². The van der Waals surface area contributed by atoms with Crippen LogP contribution in [0.2, 0.25) is 0 Å². The van der Waals surface area contributed by atoms with Gasteiger partial charge in [0.15, 0.2) is 0 Å². The number of anilines is 1. The molecule has 18 heavy (non-hydrogen) atoms. The summed E-state index contributed by atoms with van der Waals surface area (Å²) in [5, 5.41) is 3.61. The molecule has 0 saturated heterocycles. The number of methoxy groups -OCH3 is 1. The van der Waals surface area contributed by atoms with Crippen molar-refractivity contribution >= 4 is 5.69 Å². The maximum absolute atomic E-state index is 13.2. The molecule has 2 rings (SSSR count). The van der Waals surface area contributed by atoms with Crippen LogP contribution >= 0.6 is 0 Å². The van der Waals surface area contributed by atoms with Gasteiger partial charge in [-0.15, -0.1) is 5.10 Å². The molecular formula is C11H12F2N4O. The zero-order valence-electron chi connectivity index (χ0n) is 9.89. The minimum Gasteiger partial charge on any atom is -0.481 e. The zero-order chi connectivity index (χ0) is 13.3. The first-order valence-corrected chi connectivity index (χ1v) is 5.22. The summed E-state index contributed by atoms with van der Waals surface area (Å²) in [6.45, 7) is 1.71. The molecule has 2 heterocycles. The molecule has 0 aliphatic heterocycles. The number of nitrogens with two attached hydrogens (primary N) is 1. The summed E-state index contributed by atoms with van der Waals surface area (Å²) in [4.78, 5) is 3.81. The first kappa shape index (κ1) is 12.3. The van der Waals surface area contributed by atoms with Crippen LogP contribution in [0.25, 0.3) is 0 Å². The molecule has 0 aliphatic carbocycles. The third kappa shape index (κ3) is 2.11. The van der Waals surface area contributed by atoms with Gasteiger partial charge in [-0.1, -0.05) is 0 Å². The summed E-state index contributed by atoms with van der Waals surface area (Å²) in [6, 6.07) is 0.821. The summed E-state index contributed by atoms with van der Waals surface area (Å²) in [5.74, 6) is -0.998. The minimum atomic E-state index is -0.759. The smallest absolute Gasteiger partial charge is 0.255 e. The lowest BCUT2D eigenvalue weighted by Crippen LogP contribution is -2.10. The van der Waals surface area contributed by atoms with Gasteiger partial charge in [-0.3, -0.25) is 4.68 Å². The molecule has 0 saturated carbocycles. The number of halogens is 2. The lowest BCUT2D eigenvalue weighted by molar-refractivity contribution is 0.379. The first-order chi connectivity index (χ1) is 8.52. The topological polar surface area (TPSA) is 66.0 Å². The molecule has 0 spiro atoms. The second kappa shape index (κ2) is 4.59. The van der Waals surface area contributed by atoms with Crippen LogP contribution in [-0.2, 0) is 0 Å². The van der Waals surface area contributed by atoms with Gasteiger partial charge in [0.25, 0.3) is 5.95 Å². The molecule has 0 aliphatic rings. The Balaban J connectivity index is 2.44. The quantitative estimate of drug-likeness (QED) is 0.906. The Hall–Kier alpha value is -2.18. The highest BCUT2D eigenvalue weighted by atomic mass is 19.1. The zero-order valence-corrected chi connectivity index (χ0v) is 9.89. The summed E-state index contributed by atoms with van der Waals surface area (Å²) in [7, 11) is 1.43. The van der Waals surface area contributed by atoms with Crippen LogP contribution < -0.4 is 10.5 Å². The van der Waals surface area contributed by atoms with Gasteiger partial charge in [-0.05, 0) is 13.0 Å². The number of aromatic nitrogens is 3. The predicted octanol–water partition coefficient (Wildman–Crippen LogP) is 1.76. The van der Waals surface area contributed by atoms with Crippen molar-refractivity contribution in [3.63, 3.8) is 0 Å². The van der Waals surface area contributed by atoms with Crippen molar-refractivity contribution in [2.75, 3.05) is 12.8 Å². The highest BCUT2D eigenvalue weighted by Gasteiger charge is 2.18. The third-order valence-corrected chi connectivity index (χ3v) is 2.60. The van der Waals surface area contributed by atoms with E-state index in [1.807, 2.05) is 0 Å². The summed E-state index contributed by atoms with van der Waals surface area (Å²) < 4.78 is 32.6. The molecule has 0 fully saturated rings. The number of nitrogens with zero attached hydrogens (tertiary/aromatic N) is 3. The van der Waals surface area contributed by atoms with E-state index < -0.39 is 17.8 Å². The SMILES string of the molecule is COc1ncc(F)cc1[C@H](C)n1cc(N)c(F)n1. The molecule has 0 radical (unpaired) electrons. The molecule has 2 aromatic rings. The number of hydrogen-bond donors (Lipinski definition) is 1. The van der Waals surface area contributed by atoms with Gasteiger partial charge in [-0.2, -0.15) is 4.39 Å². The number of pyridine rings is 1. The Bertz CT molecular complexity index is 551. The standard InChI is InChI=1S/C11H12F2N4O/c1-6(17-5-9(14)10(13)16-17)8-3-7(12)4-15-11(8)18-2/h3-6H,14H2,1-2H3/t6-/m0/s1. The van der Waals surface area contributed by atoms with E-state index >= 15 is 0 Å². The van der Waals surface area contributed by atoms with E-state index in [1.165, 1.54) is 24.1 Å². The fourth-order valence-electron chi connectivity index (χ4n) is 1.64. The monoisotopic (exact) mass is 254 g/mol. The van der Waals surface area contributed by atoms with E-state index in [1.54, 1.807) is 6.92 Å². The van der Waals surface area contributed by atoms with E-state index in [2.05, 4.69) is 10.1 Å². The normalized spacial score (nSPS) is 12.4. The van der Waals surface area contributed by atoms with Gasteiger partial charge >= 0.3 is 0 Å². The van der Waals surface area contributed by atoms with Crippen LogP contribution in [0.3, 0.4) is 0 Å². The molecule has 5 nitrogen and oxygen atoms in total. The van der Waals surface area contributed by atoms with Crippen molar-refractivity contribution in [3.8, 4) is 5.88 Å². The number of ether oxygens (including phenoxy) is 1. The lowest BCUT2D eigenvalue weighted by Gasteiger charge is -2.14. The third-order valence-electron chi connectivity index (χ3n) is 2.60. The van der Waals surface area contributed by atoms with Crippen molar-refractivity contribution < 1.29 is 13.5 Å². The molecule has 0 unspecified atom stereocenters. The average Bonchev–Trinajstić information content (AvgIpc) is 2.68. The fraction of sp³-hybridized carbons (Fsp3) is 0.273. The summed E-state index contributed by atoms with van der Waals surface area (Å²) >= 11 is 0. The predicted molar refractivity (Wildman–Crippen MR) is 61.2 cm³/mol. The fourth-order valence-corrected chi connectivity index (χ4v) is 1.64. The number of rotatable bonds is 3. The van der Waals surface area contributed by atoms with Gasteiger partial charge < -0.3 is 10.5 Å². The number of hydrogen-bond acceptors (Lipinski definition) is 4. The molecule has 7 heteroatoms. The van der Waals surface area contributed by atoms with E-state index in [0.717, 1.165) is 6.20 Å². The summed E-state index contributed by atoms with van der Waals surface area (Å²) in [6.07, 6.45) is 2.39. The van der Waals surface area contributed by atoms with Crippen LogP contribution in [-0.4, -0.2) is 21.9 Å². The van der Waals surface area contributed by atoms with Crippen molar-refractivity contribution in [2.24, 2.45) is 0 Å². The Morgan fingerprint density at radius 2 is 2.17 bits per heavy atom. The van der Waals surface area contributed by atoms with Crippen molar-refractivity contribution in [3.05, 3.63) is 35.8 Å². The molecule has 0 bridgehead atoms. The van der Waals surface area contributed by atoms with Crippen LogP contribution in [0.5, 0.6) is 5.88 Å². The van der Waals surface area contributed by atoms with Gasteiger partial charge in [-0.25, -0.2) is 9.37 Å². The Kier molecular flexibility index (Phi) is 3.14. The molecule has 1 atom stereocenters. The van der Waals surface area contributed by atoms with Gasteiger partial charge in [0.1, 0.15) is 11.5 Å². The maximum Gasteiger partial charge on any atom is 0.255 e. The van der Waals surface area contributed by atoms with Crippen LogP contribution in [0.15, 0.2) is 18.5 Å². The van der Waals surface area contributed by atoms with E-state index in [-0.39, 0.29) is 11.6 Å². The Morgan fingerprint density at radius 3 is 2.72 bits per heavy atom. The molecule has 0 aromatic carbocycles. The van der Waals surface area contributed by atoms with Crippen LogP contribution in [0, 0.1) is 11.8 Å². The molecular weight excluding hydrogens is 242 g/mol.